The summed E-state index contributed by atoms with van der Waals surface area (Å²) in [6.07, 6.45) is 0.284. The van der Waals surface area contributed by atoms with Crippen LogP contribution in [0.15, 0.2) is 24.3 Å². The molecular formula is C12H15N3O2. The van der Waals surface area contributed by atoms with Crippen LogP contribution in [0.4, 0.5) is 5.69 Å². The number of nitrogens with zero attached hydrogens (tertiary/aromatic N) is 1. The van der Waals surface area contributed by atoms with Gasteiger partial charge in [-0.25, -0.2) is 0 Å². The van der Waals surface area contributed by atoms with Gasteiger partial charge >= 0.3 is 0 Å². The highest BCUT2D eigenvalue weighted by Crippen LogP contribution is 2.15. The molecule has 0 saturated carbocycles. The molecule has 0 aliphatic rings. The van der Waals surface area contributed by atoms with Crippen molar-refractivity contribution in [3.63, 3.8) is 0 Å². The summed E-state index contributed by atoms with van der Waals surface area (Å²) in [6, 6.07) is 8.53. The standard InChI is InChI=1S/C12H15N3O2/c1-9(14)8-12(16)15-10-2-4-11(5-3-10)17-7-6-13/h2-5,9H,7-8,14H2,1H3,(H,15,16). The number of ether oxygens (including phenoxy) is 1. The number of rotatable bonds is 5. The molecule has 90 valence electrons. The van der Waals surface area contributed by atoms with Crippen LogP contribution in [0.1, 0.15) is 13.3 Å². The number of nitrogens with one attached hydrogen (secondary N) is 1. The number of nitrogens with two attached hydrogens (primary N) is 1. The molecular weight excluding hydrogens is 218 g/mol. The Labute approximate surface area is 100 Å². The fraction of sp³-hybridized carbons (Fsp3) is 0.333. The van der Waals surface area contributed by atoms with Gasteiger partial charge in [0.05, 0.1) is 0 Å². The normalized spacial score (nSPS) is 11.4. The number of amides is 1. The van der Waals surface area contributed by atoms with Gasteiger partial charge in [-0.15, -0.1) is 0 Å². The van der Waals surface area contributed by atoms with Crippen molar-refractivity contribution in [3.05, 3.63) is 24.3 Å². The lowest BCUT2D eigenvalue weighted by molar-refractivity contribution is -0.116. The Hall–Kier alpha value is -2.06. The predicted molar refractivity (Wildman–Crippen MR) is 64.4 cm³/mol. The molecule has 0 saturated heterocycles. The van der Waals surface area contributed by atoms with E-state index in [1.54, 1.807) is 31.2 Å². The highest BCUT2D eigenvalue weighted by atomic mass is 16.5. The molecule has 0 aliphatic carbocycles. The second kappa shape index (κ2) is 6.51. The van der Waals surface area contributed by atoms with E-state index in [2.05, 4.69) is 5.32 Å². The Bertz CT molecular complexity index is 407. The molecule has 0 spiro atoms. The summed E-state index contributed by atoms with van der Waals surface area (Å²) in [4.78, 5) is 11.4. The molecule has 1 unspecified atom stereocenters. The second-order valence-electron chi connectivity index (χ2n) is 3.70. The summed E-state index contributed by atoms with van der Waals surface area (Å²) >= 11 is 0. The summed E-state index contributed by atoms with van der Waals surface area (Å²) in [5.74, 6) is 0.474. The summed E-state index contributed by atoms with van der Waals surface area (Å²) in [7, 11) is 0. The molecule has 0 heterocycles. The smallest absolute Gasteiger partial charge is 0.225 e. The number of carbonyl (C=O) groups excluding carboxylic acids is 1. The Kier molecular flexibility index (Phi) is 4.98. The predicted octanol–water partition coefficient (Wildman–Crippen LogP) is 1.26. The zero-order chi connectivity index (χ0) is 12.7. The lowest BCUT2D eigenvalue weighted by atomic mass is 10.2. The maximum Gasteiger partial charge on any atom is 0.225 e. The minimum absolute atomic E-state index is 0.0103. The molecule has 3 N–H and O–H groups in total. The minimum Gasteiger partial charge on any atom is -0.479 e. The van der Waals surface area contributed by atoms with Gasteiger partial charge in [0, 0.05) is 18.2 Å². The summed E-state index contributed by atoms with van der Waals surface area (Å²) in [6.45, 7) is 1.79. The second-order valence-corrected chi connectivity index (χ2v) is 3.70. The van der Waals surface area contributed by atoms with Gasteiger partial charge in [-0.1, -0.05) is 0 Å². The number of hydrogen-bond donors (Lipinski definition) is 2. The van der Waals surface area contributed by atoms with Gasteiger partial charge in [-0.3, -0.25) is 4.79 Å². The van der Waals surface area contributed by atoms with E-state index in [-0.39, 0.29) is 25.0 Å². The Morgan fingerprint density at radius 1 is 1.53 bits per heavy atom. The van der Waals surface area contributed by atoms with E-state index < -0.39 is 0 Å². The molecule has 1 aromatic carbocycles. The lowest BCUT2D eigenvalue weighted by Crippen LogP contribution is -2.23. The van der Waals surface area contributed by atoms with Gasteiger partial charge in [0.2, 0.25) is 5.91 Å². The third-order valence-corrected chi connectivity index (χ3v) is 1.95. The highest BCUT2D eigenvalue weighted by molar-refractivity contribution is 5.91. The molecule has 1 atom stereocenters. The van der Waals surface area contributed by atoms with Crippen molar-refractivity contribution in [3.8, 4) is 11.8 Å². The monoisotopic (exact) mass is 233 g/mol. The van der Waals surface area contributed by atoms with Crippen molar-refractivity contribution < 1.29 is 9.53 Å². The number of hydrogen-bond acceptors (Lipinski definition) is 4. The molecule has 5 nitrogen and oxygen atoms in total. The molecule has 0 aliphatic heterocycles. The van der Waals surface area contributed by atoms with E-state index in [0.29, 0.717) is 11.4 Å². The van der Waals surface area contributed by atoms with Crippen molar-refractivity contribution in [2.24, 2.45) is 5.73 Å². The number of anilines is 1. The van der Waals surface area contributed by atoms with E-state index in [1.807, 2.05) is 6.07 Å². The van der Waals surface area contributed by atoms with Crippen LogP contribution in [0.5, 0.6) is 5.75 Å². The van der Waals surface area contributed by atoms with Crippen molar-refractivity contribution in [2.75, 3.05) is 11.9 Å². The molecule has 1 rings (SSSR count). The van der Waals surface area contributed by atoms with Gasteiger partial charge < -0.3 is 15.8 Å². The first-order valence-electron chi connectivity index (χ1n) is 5.27. The molecule has 0 radical (unpaired) electrons. The number of benzene rings is 1. The third-order valence-electron chi connectivity index (χ3n) is 1.95. The third kappa shape index (κ3) is 5.00. The van der Waals surface area contributed by atoms with Crippen molar-refractivity contribution >= 4 is 11.6 Å². The zero-order valence-electron chi connectivity index (χ0n) is 9.64. The minimum atomic E-state index is -0.159. The summed E-state index contributed by atoms with van der Waals surface area (Å²) < 4.78 is 5.09. The summed E-state index contributed by atoms with van der Waals surface area (Å²) in [5, 5.41) is 11.1. The van der Waals surface area contributed by atoms with Gasteiger partial charge in [0.1, 0.15) is 11.8 Å². The molecule has 1 amide bonds. The molecule has 0 bridgehead atoms. The van der Waals surface area contributed by atoms with Gasteiger partial charge in [-0.2, -0.15) is 5.26 Å². The molecule has 1 aromatic rings. The maximum atomic E-state index is 11.4. The molecule has 5 heteroatoms. The fourth-order valence-corrected chi connectivity index (χ4v) is 1.25. The maximum absolute atomic E-state index is 11.4. The highest BCUT2D eigenvalue weighted by Gasteiger charge is 2.05. The van der Waals surface area contributed by atoms with Crippen molar-refractivity contribution in [1.82, 2.24) is 0 Å². The van der Waals surface area contributed by atoms with Crippen LogP contribution in [0.2, 0.25) is 0 Å². The van der Waals surface area contributed by atoms with Crippen LogP contribution in [0.3, 0.4) is 0 Å². The van der Waals surface area contributed by atoms with Crippen LogP contribution in [-0.2, 0) is 4.79 Å². The van der Waals surface area contributed by atoms with Gasteiger partial charge in [-0.05, 0) is 31.2 Å². The Morgan fingerprint density at radius 3 is 2.71 bits per heavy atom. The molecule has 0 aromatic heterocycles. The number of carbonyl (C=O) groups is 1. The average molecular weight is 233 g/mol. The Balaban J connectivity index is 2.51. The van der Waals surface area contributed by atoms with E-state index in [0.717, 1.165) is 0 Å². The molecule has 17 heavy (non-hydrogen) atoms. The van der Waals surface area contributed by atoms with E-state index >= 15 is 0 Å². The van der Waals surface area contributed by atoms with Gasteiger partial charge in [0.15, 0.2) is 6.61 Å². The SMILES string of the molecule is CC(N)CC(=O)Nc1ccc(OCC#N)cc1. The van der Waals surface area contributed by atoms with Crippen LogP contribution in [-0.4, -0.2) is 18.6 Å². The number of nitriles is 1. The molecule has 0 fully saturated rings. The van der Waals surface area contributed by atoms with Crippen LogP contribution < -0.4 is 15.8 Å². The van der Waals surface area contributed by atoms with Crippen LogP contribution in [0.25, 0.3) is 0 Å². The first kappa shape index (κ1) is 13.0. The topological polar surface area (TPSA) is 88.1 Å². The lowest BCUT2D eigenvalue weighted by Gasteiger charge is -2.08. The van der Waals surface area contributed by atoms with E-state index in [4.69, 9.17) is 15.7 Å². The zero-order valence-corrected chi connectivity index (χ0v) is 9.64. The van der Waals surface area contributed by atoms with Crippen LogP contribution >= 0.6 is 0 Å². The van der Waals surface area contributed by atoms with E-state index in [9.17, 15) is 4.79 Å². The Morgan fingerprint density at radius 2 is 2.18 bits per heavy atom. The quantitative estimate of drug-likeness (QED) is 0.801. The van der Waals surface area contributed by atoms with Crippen molar-refractivity contribution in [1.29, 1.82) is 5.26 Å². The van der Waals surface area contributed by atoms with Gasteiger partial charge in [0.25, 0.3) is 0 Å². The first-order valence-corrected chi connectivity index (χ1v) is 5.27. The summed E-state index contributed by atoms with van der Waals surface area (Å²) in [5.41, 5.74) is 6.20. The first-order chi connectivity index (χ1) is 8.11. The average Bonchev–Trinajstić information content (AvgIpc) is 2.27. The van der Waals surface area contributed by atoms with Crippen molar-refractivity contribution in [2.45, 2.75) is 19.4 Å². The van der Waals surface area contributed by atoms with Crippen LogP contribution in [0, 0.1) is 11.3 Å². The fourth-order valence-electron chi connectivity index (χ4n) is 1.25. The largest absolute Gasteiger partial charge is 0.479 e. The van der Waals surface area contributed by atoms with E-state index in [1.165, 1.54) is 0 Å².